The van der Waals surface area contributed by atoms with Crippen molar-refractivity contribution in [2.75, 3.05) is 46.4 Å². The van der Waals surface area contributed by atoms with Gasteiger partial charge in [-0.3, -0.25) is 0 Å². The Balaban J connectivity index is 2.51. The Kier molecular flexibility index (Phi) is 6.32. The third-order valence-electron chi connectivity index (χ3n) is 3.93. The summed E-state index contributed by atoms with van der Waals surface area (Å²) < 4.78 is 5.51. The van der Waals surface area contributed by atoms with Crippen molar-refractivity contribution >= 4 is 0 Å². The molecule has 0 aromatic carbocycles. The molecule has 1 fully saturated rings. The number of ether oxygens (including phenoxy) is 1. The number of hydrogen-bond donors (Lipinski definition) is 1. The third-order valence-corrected chi connectivity index (χ3v) is 3.93. The van der Waals surface area contributed by atoms with Gasteiger partial charge in [-0.1, -0.05) is 13.8 Å². The van der Waals surface area contributed by atoms with E-state index < -0.39 is 0 Å². The predicted molar refractivity (Wildman–Crippen MR) is 68.8 cm³/mol. The van der Waals surface area contributed by atoms with Gasteiger partial charge in [-0.2, -0.15) is 0 Å². The van der Waals surface area contributed by atoms with Crippen LogP contribution in [-0.4, -0.2) is 51.3 Å². The number of hydrogen-bond acceptors (Lipinski definition) is 3. The first kappa shape index (κ1) is 13.9. The monoisotopic (exact) mass is 228 g/mol. The van der Waals surface area contributed by atoms with E-state index in [9.17, 15) is 0 Å². The van der Waals surface area contributed by atoms with Crippen LogP contribution in [0.3, 0.4) is 0 Å². The predicted octanol–water partition coefficient (Wildman–Crippen LogP) is 1.73. The molecule has 1 aliphatic rings. The molecule has 0 atom stereocenters. The molecule has 0 bridgehead atoms. The number of nitrogens with zero attached hydrogens (tertiary/aromatic N) is 1. The quantitative estimate of drug-likeness (QED) is 0.749. The van der Waals surface area contributed by atoms with Crippen LogP contribution >= 0.6 is 0 Å². The van der Waals surface area contributed by atoms with Crippen LogP contribution in [0.5, 0.6) is 0 Å². The Morgan fingerprint density at radius 2 is 1.94 bits per heavy atom. The lowest BCUT2D eigenvalue weighted by Gasteiger charge is -2.36. The standard InChI is InChI=1S/C13H28N2O/c1-4-13(5-2,11-14-3)12-15-7-6-9-16-10-8-15/h14H,4-12H2,1-3H3. The van der Waals surface area contributed by atoms with E-state index >= 15 is 0 Å². The maximum atomic E-state index is 5.51. The van der Waals surface area contributed by atoms with Gasteiger partial charge < -0.3 is 15.0 Å². The van der Waals surface area contributed by atoms with Crippen molar-refractivity contribution in [3.8, 4) is 0 Å². The molecule has 0 amide bonds. The van der Waals surface area contributed by atoms with E-state index in [1.54, 1.807) is 0 Å². The fraction of sp³-hybridized carbons (Fsp3) is 1.00. The van der Waals surface area contributed by atoms with Gasteiger partial charge in [0.05, 0.1) is 6.61 Å². The molecular weight excluding hydrogens is 200 g/mol. The lowest BCUT2D eigenvalue weighted by molar-refractivity contribution is 0.116. The molecule has 16 heavy (non-hydrogen) atoms. The van der Waals surface area contributed by atoms with E-state index in [0.717, 1.165) is 26.3 Å². The van der Waals surface area contributed by atoms with Crippen molar-refractivity contribution in [2.24, 2.45) is 5.41 Å². The minimum Gasteiger partial charge on any atom is -0.380 e. The Morgan fingerprint density at radius 1 is 1.19 bits per heavy atom. The van der Waals surface area contributed by atoms with E-state index in [2.05, 4.69) is 31.1 Å². The molecule has 1 rings (SSSR count). The Hall–Kier alpha value is -0.120. The SMILES string of the molecule is CCC(CC)(CNC)CN1CCCOCC1. The summed E-state index contributed by atoms with van der Waals surface area (Å²) >= 11 is 0. The highest BCUT2D eigenvalue weighted by Gasteiger charge is 2.28. The molecule has 96 valence electrons. The summed E-state index contributed by atoms with van der Waals surface area (Å²) in [5.41, 5.74) is 0.444. The van der Waals surface area contributed by atoms with Crippen molar-refractivity contribution < 1.29 is 4.74 Å². The van der Waals surface area contributed by atoms with Crippen molar-refractivity contribution in [3.05, 3.63) is 0 Å². The summed E-state index contributed by atoms with van der Waals surface area (Å²) in [6.07, 6.45) is 3.69. The topological polar surface area (TPSA) is 24.5 Å². The van der Waals surface area contributed by atoms with Gasteiger partial charge in [0.2, 0.25) is 0 Å². The van der Waals surface area contributed by atoms with Crippen LogP contribution in [0, 0.1) is 5.41 Å². The van der Waals surface area contributed by atoms with Crippen LogP contribution in [-0.2, 0) is 4.74 Å². The van der Waals surface area contributed by atoms with Gasteiger partial charge in [0, 0.05) is 32.8 Å². The van der Waals surface area contributed by atoms with Gasteiger partial charge in [-0.05, 0) is 31.7 Å². The van der Waals surface area contributed by atoms with Crippen molar-refractivity contribution in [1.82, 2.24) is 10.2 Å². The molecule has 1 N–H and O–H groups in total. The van der Waals surface area contributed by atoms with Gasteiger partial charge >= 0.3 is 0 Å². The summed E-state index contributed by atoms with van der Waals surface area (Å²) in [6, 6.07) is 0. The van der Waals surface area contributed by atoms with Gasteiger partial charge in [0.15, 0.2) is 0 Å². The summed E-state index contributed by atoms with van der Waals surface area (Å²) in [5.74, 6) is 0. The van der Waals surface area contributed by atoms with Crippen LogP contribution < -0.4 is 5.32 Å². The number of nitrogens with one attached hydrogen (secondary N) is 1. The smallest absolute Gasteiger partial charge is 0.0593 e. The molecule has 0 saturated carbocycles. The largest absolute Gasteiger partial charge is 0.380 e. The first-order valence-electron chi connectivity index (χ1n) is 6.71. The summed E-state index contributed by atoms with van der Waals surface area (Å²) in [6.45, 7) is 11.1. The van der Waals surface area contributed by atoms with Gasteiger partial charge in [0.1, 0.15) is 0 Å². The summed E-state index contributed by atoms with van der Waals surface area (Å²) in [4.78, 5) is 2.58. The van der Waals surface area contributed by atoms with Crippen LogP contribution in [0.15, 0.2) is 0 Å². The van der Waals surface area contributed by atoms with E-state index in [-0.39, 0.29) is 0 Å². The molecule has 1 aliphatic heterocycles. The molecule has 0 aromatic heterocycles. The second-order valence-corrected chi connectivity index (χ2v) is 4.98. The molecule has 3 heteroatoms. The maximum absolute atomic E-state index is 5.51. The van der Waals surface area contributed by atoms with E-state index in [1.807, 2.05) is 0 Å². The number of rotatable bonds is 6. The molecule has 3 nitrogen and oxygen atoms in total. The average molecular weight is 228 g/mol. The Bertz CT molecular complexity index is 173. The van der Waals surface area contributed by atoms with Crippen LogP contribution in [0.25, 0.3) is 0 Å². The normalized spacial score (nSPS) is 19.7. The zero-order valence-electron chi connectivity index (χ0n) is 11.2. The lowest BCUT2D eigenvalue weighted by atomic mass is 9.81. The molecule has 0 aliphatic carbocycles. The first-order chi connectivity index (χ1) is 7.76. The fourth-order valence-electron chi connectivity index (χ4n) is 2.58. The van der Waals surface area contributed by atoms with E-state index in [1.165, 1.54) is 32.4 Å². The maximum Gasteiger partial charge on any atom is 0.0593 e. The minimum absolute atomic E-state index is 0.444. The molecule has 1 heterocycles. The molecule has 0 radical (unpaired) electrons. The third kappa shape index (κ3) is 4.04. The van der Waals surface area contributed by atoms with Gasteiger partial charge in [0.25, 0.3) is 0 Å². The average Bonchev–Trinajstić information content (AvgIpc) is 2.57. The molecule has 0 aromatic rings. The zero-order valence-corrected chi connectivity index (χ0v) is 11.2. The van der Waals surface area contributed by atoms with Crippen LogP contribution in [0.1, 0.15) is 33.1 Å². The highest BCUT2D eigenvalue weighted by Crippen LogP contribution is 2.27. The molecule has 0 spiro atoms. The van der Waals surface area contributed by atoms with Crippen LogP contribution in [0.2, 0.25) is 0 Å². The van der Waals surface area contributed by atoms with Crippen molar-refractivity contribution in [2.45, 2.75) is 33.1 Å². The highest BCUT2D eigenvalue weighted by atomic mass is 16.5. The Labute approximate surface area is 101 Å². The molecule has 0 unspecified atom stereocenters. The first-order valence-corrected chi connectivity index (χ1v) is 6.71. The highest BCUT2D eigenvalue weighted by molar-refractivity contribution is 4.83. The fourth-order valence-corrected chi connectivity index (χ4v) is 2.58. The van der Waals surface area contributed by atoms with Crippen molar-refractivity contribution in [1.29, 1.82) is 0 Å². The summed E-state index contributed by atoms with van der Waals surface area (Å²) in [5, 5.41) is 3.36. The summed E-state index contributed by atoms with van der Waals surface area (Å²) in [7, 11) is 2.06. The molecular formula is C13H28N2O. The second kappa shape index (κ2) is 7.25. The lowest BCUT2D eigenvalue weighted by Crippen LogP contribution is -2.43. The van der Waals surface area contributed by atoms with Gasteiger partial charge in [-0.15, -0.1) is 0 Å². The molecule has 1 saturated heterocycles. The van der Waals surface area contributed by atoms with Gasteiger partial charge in [-0.25, -0.2) is 0 Å². The Morgan fingerprint density at radius 3 is 2.56 bits per heavy atom. The van der Waals surface area contributed by atoms with Crippen molar-refractivity contribution in [3.63, 3.8) is 0 Å². The van der Waals surface area contributed by atoms with E-state index in [4.69, 9.17) is 4.74 Å². The van der Waals surface area contributed by atoms with Crippen LogP contribution in [0.4, 0.5) is 0 Å². The minimum atomic E-state index is 0.444. The van der Waals surface area contributed by atoms with E-state index in [0.29, 0.717) is 5.41 Å². The second-order valence-electron chi connectivity index (χ2n) is 4.98. The zero-order chi connectivity index (χ0) is 11.9.